The van der Waals surface area contributed by atoms with Crippen molar-refractivity contribution >= 4 is 17.6 Å². The number of rotatable bonds is 6. The third-order valence-electron chi connectivity index (χ3n) is 4.10. The van der Waals surface area contributed by atoms with Gasteiger partial charge in [0, 0.05) is 17.7 Å². The van der Waals surface area contributed by atoms with Crippen LogP contribution in [0.5, 0.6) is 0 Å². The lowest BCUT2D eigenvalue weighted by Gasteiger charge is -2.10. The van der Waals surface area contributed by atoms with Crippen LogP contribution in [0.15, 0.2) is 59.4 Å². The number of nitrogens with zero attached hydrogens (tertiary/aromatic N) is 1. The maximum Gasteiger partial charge on any atom is 0.338 e. The van der Waals surface area contributed by atoms with Crippen molar-refractivity contribution in [2.24, 2.45) is 0 Å². The molecule has 0 unspecified atom stereocenters. The summed E-state index contributed by atoms with van der Waals surface area (Å²) in [6.45, 7) is 3.92. The molecule has 3 aromatic rings. The van der Waals surface area contributed by atoms with Gasteiger partial charge < -0.3 is 10.1 Å². The molecule has 0 saturated carbocycles. The number of anilines is 2. The van der Waals surface area contributed by atoms with Crippen molar-refractivity contribution in [3.8, 4) is 0 Å². The molecule has 0 fully saturated rings. The summed E-state index contributed by atoms with van der Waals surface area (Å²) in [7, 11) is 0. The average molecular weight is 363 g/mol. The fraction of sp³-hybridized carbons (Fsp3) is 0.190. The predicted octanol–water partition coefficient (Wildman–Crippen LogP) is 3.59. The van der Waals surface area contributed by atoms with Crippen LogP contribution < -0.4 is 10.9 Å². The maximum atomic E-state index is 12.5. The van der Waals surface area contributed by atoms with Gasteiger partial charge in [-0.15, -0.1) is 0 Å². The van der Waals surface area contributed by atoms with Crippen LogP contribution in [0.2, 0.25) is 0 Å². The van der Waals surface area contributed by atoms with Gasteiger partial charge in [-0.1, -0.05) is 30.3 Å². The quantitative estimate of drug-likeness (QED) is 0.654. The zero-order valence-corrected chi connectivity index (χ0v) is 15.3. The van der Waals surface area contributed by atoms with Crippen molar-refractivity contribution in [2.75, 3.05) is 11.9 Å². The first-order valence-corrected chi connectivity index (χ1v) is 8.74. The minimum atomic E-state index is -0.364. The van der Waals surface area contributed by atoms with Crippen LogP contribution in [0.4, 0.5) is 11.6 Å². The van der Waals surface area contributed by atoms with Crippen molar-refractivity contribution in [2.45, 2.75) is 20.3 Å². The summed E-state index contributed by atoms with van der Waals surface area (Å²) in [5.41, 5.74) is 3.39. The maximum absolute atomic E-state index is 12.5. The molecule has 27 heavy (non-hydrogen) atoms. The van der Waals surface area contributed by atoms with E-state index in [2.05, 4.69) is 15.3 Å². The standard InChI is InChI=1S/C21H21N3O3/c1-3-27-20(26)16-9-11-17(12-10-16)23-21-22-14(2)18(19(25)24-21)13-15-7-5-4-6-8-15/h4-12H,3,13H2,1-2H3,(H2,22,23,24,25). The number of carbonyl (C=O) groups is 1. The second kappa shape index (κ2) is 8.31. The monoisotopic (exact) mass is 363 g/mol. The predicted molar refractivity (Wildman–Crippen MR) is 105 cm³/mol. The molecule has 1 heterocycles. The molecule has 138 valence electrons. The summed E-state index contributed by atoms with van der Waals surface area (Å²) in [5, 5.41) is 3.06. The van der Waals surface area contributed by atoms with Crippen LogP contribution >= 0.6 is 0 Å². The SMILES string of the molecule is CCOC(=O)c1ccc(Nc2nc(C)c(Cc3ccccc3)c(=O)[nH]2)cc1. The van der Waals surface area contributed by atoms with Crippen LogP contribution in [0, 0.1) is 6.92 Å². The van der Waals surface area contributed by atoms with Gasteiger partial charge in [-0.2, -0.15) is 0 Å². The Balaban J connectivity index is 1.76. The van der Waals surface area contributed by atoms with Crippen molar-refractivity contribution in [1.82, 2.24) is 9.97 Å². The highest BCUT2D eigenvalue weighted by Gasteiger charge is 2.10. The van der Waals surface area contributed by atoms with E-state index in [1.54, 1.807) is 31.2 Å². The lowest BCUT2D eigenvalue weighted by atomic mass is 10.1. The molecular formula is C21H21N3O3. The lowest BCUT2D eigenvalue weighted by Crippen LogP contribution is -2.18. The highest BCUT2D eigenvalue weighted by atomic mass is 16.5. The van der Waals surface area contributed by atoms with E-state index in [1.807, 2.05) is 37.3 Å². The number of aromatic nitrogens is 2. The number of aryl methyl sites for hydroxylation is 1. The molecule has 0 bridgehead atoms. The molecule has 0 aliphatic carbocycles. The van der Waals surface area contributed by atoms with Gasteiger partial charge in [0.05, 0.1) is 17.9 Å². The Morgan fingerprint density at radius 3 is 2.44 bits per heavy atom. The van der Waals surface area contributed by atoms with Gasteiger partial charge in [-0.3, -0.25) is 9.78 Å². The van der Waals surface area contributed by atoms with E-state index in [1.165, 1.54) is 0 Å². The molecule has 0 atom stereocenters. The molecule has 0 aliphatic rings. The summed E-state index contributed by atoms with van der Waals surface area (Å²) < 4.78 is 4.96. The summed E-state index contributed by atoms with van der Waals surface area (Å²) in [6, 6.07) is 16.6. The number of nitrogens with one attached hydrogen (secondary N) is 2. The number of hydrogen-bond donors (Lipinski definition) is 2. The molecule has 2 aromatic carbocycles. The van der Waals surface area contributed by atoms with Crippen LogP contribution in [0.25, 0.3) is 0 Å². The van der Waals surface area contributed by atoms with E-state index in [9.17, 15) is 9.59 Å². The molecule has 0 aliphatic heterocycles. The molecule has 6 heteroatoms. The number of carbonyl (C=O) groups excluding carboxylic acids is 1. The molecule has 0 radical (unpaired) electrons. The molecule has 0 spiro atoms. The molecule has 0 saturated heterocycles. The third-order valence-corrected chi connectivity index (χ3v) is 4.10. The zero-order chi connectivity index (χ0) is 19.2. The van der Waals surface area contributed by atoms with Gasteiger partial charge in [0.15, 0.2) is 0 Å². The highest BCUT2D eigenvalue weighted by Crippen LogP contribution is 2.15. The highest BCUT2D eigenvalue weighted by molar-refractivity contribution is 5.89. The van der Waals surface area contributed by atoms with Gasteiger partial charge in [0.25, 0.3) is 5.56 Å². The Morgan fingerprint density at radius 1 is 1.11 bits per heavy atom. The number of aromatic amines is 1. The number of H-pyrrole nitrogens is 1. The zero-order valence-electron chi connectivity index (χ0n) is 15.3. The van der Waals surface area contributed by atoms with E-state index in [0.717, 1.165) is 5.56 Å². The fourth-order valence-corrected chi connectivity index (χ4v) is 2.72. The first kappa shape index (κ1) is 18.4. The van der Waals surface area contributed by atoms with E-state index < -0.39 is 0 Å². The van der Waals surface area contributed by atoms with Crippen LogP contribution in [0.3, 0.4) is 0 Å². The minimum absolute atomic E-state index is 0.169. The summed E-state index contributed by atoms with van der Waals surface area (Å²) in [5.74, 6) is -0.00473. The molecule has 6 nitrogen and oxygen atoms in total. The lowest BCUT2D eigenvalue weighted by molar-refractivity contribution is 0.0526. The van der Waals surface area contributed by atoms with E-state index in [4.69, 9.17) is 4.74 Å². The van der Waals surface area contributed by atoms with Crippen molar-refractivity contribution < 1.29 is 9.53 Å². The van der Waals surface area contributed by atoms with Gasteiger partial charge in [-0.05, 0) is 43.7 Å². The molecule has 0 amide bonds. The van der Waals surface area contributed by atoms with Gasteiger partial charge >= 0.3 is 5.97 Å². The minimum Gasteiger partial charge on any atom is -0.462 e. The molecular weight excluding hydrogens is 342 g/mol. The average Bonchev–Trinajstić information content (AvgIpc) is 2.66. The number of benzene rings is 2. The van der Waals surface area contributed by atoms with Crippen LogP contribution in [0.1, 0.15) is 34.1 Å². The van der Waals surface area contributed by atoms with E-state index in [-0.39, 0.29) is 11.5 Å². The summed E-state index contributed by atoms with van der Waals surface area (Å²) in [6.07, 6.45) is 0.531. The van der Waals surface area contributed by atoms with Crippen molar-refractivity contribution in [3.05, 3.63) is 87.3 Å². The van der Waals surface area contributed by atoms with Crippen molar-refractivity contribution in [1.29, 1.82) is 0 Å². The Hall–Kier alpha value is -3.41. The smallest absolute Gasteiger partial charge is 0.338 e. The Kier molecular flexibility index (Phi) is 5.66. The summed E-state index contributed by atoms with van der Waals surface area (Å²) >= 11 is 0. The number of esters is 1. The molecule has 2 N–H and O–H groups in total. The van der Waals surface area contributed by atoms with E-state index >= 15 is 0 Å². The summed E-state index contributed by atoms with van der Waals surface area (Å²) in [4.78, 5) is 31.4. The van der Waals surface area contributed by atoms with E-state index in [0.29, 0.717) is 41.5 Å². The largest absolute Gasteiger partial charge is 0.462 e. The molecule has 1 aromatic heterocycles. The number of ether oxygens (including phenoxy) is 1. The Morgan fingerprint density at radius 2 is 1.81 bits per heavy atom. The normalized spacial score (nSPS) is 10.4. The van der Waals surface area contributed by atoms with Crippen LogP contribution in [-0.2, 0) is 11.2 Å². The van der Waals surface area contributed by atoms with Gasteiger partial charge in [0.2, 0.25) is 5.95 Å². The third kappa shape index (κ3) is 4.61. The van der Waals surface area contributed by atoms with Crippen LogP contribution in [-0.4, -0.2) is 22.5 Å². The van der Waals surface area contributed by atoms with Crippen molar-refractivity contribution in [3.63, 3.8) is 0 Å². The number of hydrogen-bond acceptors (Lipinski definition) is 5. The molecule has 3 rings (SSSR count). The second-order valence-electron chi connectivity index (χ2n) is 6.06. The Bertz CT molecular complexity index is 980. The Labute approximate surface area is 157 Å². The van der Waals surface area contributed by atoms with Gasteiger partial charge in [-0.25, -0.2) is 9.78 Å². The first-order valence-electron chi connectivity index (χ1n) is 8.74. The topological polar surface area (TPSA) is 84.1 Å². The second-order valence-corrected chi connectivity index (χ2v) is 6.06. The fourth-order valence-electron chi connectivity index (χ4n) is 2.72. The first-order chi connectivity index (χ1) is 13.1. The van der Waals surface area contributed by atoms with Gasteiger partial charge in [0.1, 0.15) is 0 Å².